The molecule has 3 rings (SSSR count). The number of fused-ring (bicyclic) bond motifs is 1. The lowest BCUT2D eigenvalue weighted by Gasteiger charge is -2.31. The van der Waals surface area contributed by atoms with Crippen LogP contribution in [0.5, 0.6) is 0 Å². The van der Waals surface area contributed by atoms with E-state index in [-0.39, 0.29) is 23.6 Å². The van der Waals surface area contributed by atoms with Crippen LogP contribution in [0.3, 0.4) is 0 Å². The molecular formula is C23H29N5O3. The van der Waals surface area contributed by atoms with Crippen LogP contribution in [0.15, 0.2) is 48.7 Å². The van der Waals surface area contributed by atoms with Gasteiger partial charge in [0.2, 0.25) is 11.8 Å². The van der Waals surface area contributed by atoms with Crippen LogP contribution in [-0.2, 0) is 20.8 Å². The highest BCUT2D eigenvalue weighted by molar-refractivity contribution is 6.09. The summed E-state index contributed by atoms with van der Waals surface area (Å²) >= 11 is 0. The van der Waals surface area contributed by atoms with Crippen LogP contribution < -0.4 is 20.9 Å². The van der Waals surface area contributed by atoms with Gasteiger partial charge in [-0.2, -0.15) is 0 Å². The lowest BCUT2D eigenvalue weighted by molar-refractivity contribution is -0.130. The summed E-state index contributed by atoms with van der Waals surface area (Å²) in [5.41, 5.74) is 1.47. The van der Waals surface area contributed by atoms with Crippen molar-refractivity contribution in [2.24, 2.45) is 5.92 Å². The van der Waals surface area contributed by atoms with E-state index in [1.54, 1.807) is 38.4 Å². The minimum Gasteiger partial charge on any atom is -0.343 e. The molecule has 0 unspecified atom stereocenters. The third-order valence-corrected chi connectivity index (χ3v) is 5.46. The van der Waals surface area contributed by atoms with Gasteiger partial charge in [-0.25, -0.2) is 4.98 Å². The molecule has 3 amide bonds. The number of hydrogen-bond acceptors (Lipinski definition) is 5. The molecule has 0 aliphatic carbocycles. The normalized spacial score (nSPS) is 17.1. The summed E-state index contributed by atoms with van der Waals surface area (Å²) in [6, 6.07) is 10.8. The van der Waals surface area contributed by atoms with Crippen molar-refractivity contribution in [1.82, 2.24) is 15.6 Å². The monoisotopic (exact) mass is 423 g/mol. The molecule has 3 N–H and O–H groups in total. The zero-order valence-corrected chi connectivity index (χ0v) is 18.3. The van der Waals surface area contributed by atoms with E-state index in [9.17, 15) is 14.4 Å². The van der Waals surface area contributed by atoms with E-state index in [1.165, 1.54) is 4.90 Å². The van der Waals surface area contributed by atoms with Crippen LogP contribution in [0.25, 0.3) is 0 Å². The number of likely N-dealkylation sites (N-methyl/N-ethyl adjacent to an activating group) is 1. The van der Waals surface area contributed by atoms with Crippen molar-refractivity contribution in [2.45, 2.75) is 45.3 Å². The van der Waals surface area contributed by atoms with Crippen molar-refractivity contribution in [3.8, 4) is 0 Å². The molecule has 0 spiro atoms. The van der Waals surface area contributed by atoms with Gasteiger partial charge in [-0.05, 0) is 43.7 Å². The van der Waals surface area contributed by atoms with E-state index in [2.05, 4.69) is 20.9 Å². The molecule has 1 aromatic carbocycles. The molecule has 1 aromatic heterocycles. The molecule has 31 heavy (non-hydrogen) atoms. The molecule has 0 fully saturated rings. The first-order valence-corrected chi connectivity index (χ1v) is 10.4. The van der Waals surface area contributed by atoms with E-state index in [0.717, 1.165) is 5.56 Å². The standard InChI is InChI=1S/C23H29N5O3/c1-14(2)19(27-21(29)15(3)24-4)23(31)28-18(13-16-9-8-12-25-20(16)28)22(30)26-17-10-6-5-7-11-17/h5-12,14-15,18-19,24H,13H2,1-4H3,(H,26,30)(H,27,29)/t15-,18+,19-/m0/s1. The quantitative estimate of drug-likeness (QED) is 0.629. The van der Waals surface area contributed by atoms with Crippen LogP contribution in [0.1, 0.15) is 26.3 Å². The fourth-order valence-corrected chi connectivity index (χ4v) is 3.54. The largest absolute Gasteiger partial charge is 0.343 e. The average molecular weight is 424 g/mol. The summed E-state index contributed by atoms with van der Waals surface area (Å²) in [6.07, 6.45) is 1.96. The number of aromatic nitrogens is 1. The van der Waals surface area contributed by atoms with Gasteiger partial charge in [-0.15, -0.1) is 0 Å². The highest BCUT2D eigenvalue weighted by Gasteiger charge is 2.43. The Morgan fingerprint density at radius 2 is 1.77 bits per heavy atom. The van der Waals surface area contributed by atoms with Crippen LogP contribution in [0.2, 0.25) is 0 Å². The van der Waals surface area contributed by atoms with Gasteiger partial charge in [0.05, 0.1) is 6.04 Å². The highest BCUT2D eigenvalue weighted by atomic mass is 16.2. The zero-order valence-electron chi connectivity index (χ0n) is 18.3. The number of para-hydroxylation sites is 1. The minimum atomic E-state index is -0.789. The fourth-order valence-electron chi connectivity index (χ4n) is 3.54. The second-order valence-electron chi connectivity index (χ2n) is 8.01. The maximum Gasteiger partial charge on any atom is 0.251 e. The Hall–Kier alpha value is -3.26. The van der Waals surface area contributed by atoms with E-state index in [0.29, 0.717) is 17.9 Å². The van der Waals surface area contributed by atoms with E-state index >= 15 is 0 Å². The molecule has 1 aliphatic heterocycles. The van der Waals surface area contributed by atoms with E-state index in [1.807, 2.05) is 38.1 Å². The molecule has 0 radical (unpaired) electrons. The number of rotatable bonds is 7. The van der Waals surface area contributed by atoms with Crippen molar-refractivity contribution in [1.29, 1.82) is 0 Å². The van der Waals surface area contributed by atoms with Crippen LogP contribution >= 0.6 is 0 Å². The van der Waals surface area contributed by atoms with Crippen LogP contribution in [0.4, 0.5) is 11.5 Å². The molecule has 2 heterocycles. The summed E-state index contributed by atoms with van der Waals surface area (Å²) < 4.78 is 0. The topological polar surface area (TPSA) is 103 Å². The number of nitrogens with one attached hydrogen (secondary N) is 3. The number of anilines is 2. The van der Waals surface area contributed by atoms with Crippen molar-refractivity contribution in [2.75, 3.05) is 17.3 Å². The van der Waals surface area contributed by atoms with Crippen molar-refractivity contribution in [3.63, 3.8) is 0 Å². The van der Waals surface area contributed by atoms with Gasteiger partial charge in [0.25, 0.3) is 5.91 Å². The minimum absolute atomic E-state index is 0.175. The van der Waals surface area contributed by atoms with Crippen LogP contribution in [-0.4, -0.2) is 47.9 Å². The van der Waals surface area contributed by atoms with E-state index in [4.69, 9.17) is 0 Å². The SMILES string of the molecule is CN[C@@H](C)C(=O)N[C@H](C(=O)N1c2ncccc2C[C@@H]1C(=O)Nc1ccccc1)C(C)C. The maximum absolute atomic E-state index is 13.6. The third-order valence-electron chi connectivity index (χ3n) is 5.46. The first-order chi connectivity index (χ1) is 14.8. The van der Waals surface area contributed by atoms with Crippen molar-refractivity contribution < 1.29 is 14.4 Å². The molecular weight excluding hydrogens is 394 g/mol. The summed E-state index contributed by atoms with van der Waals surface area (Å²) in [7, 11) is 1.68. The molecule has 1 aliphatic rings. The molecule has 8 nitrogen and oxygen atoms in total. The lowest BCUT2D eigenvalue weighted by Crippen LogP contribution is -2.57. The van der Waals surface area contributed by atoms with Gasteiger partial charge < -0.3 is 16.0 Å². The molecule has 0 saturated carbocycles. The Bertz CT molecular complexity index is 947. The van der Waals surface area contributed by atoms with Gasteiger partial charge >= 0.3 is 0 Å². The molecule has 164 valence electrons. The number of pyridine rings is 1. The van der Waals surface area contributed by atoms with Crippen molar-refractivity contribution in [3.05, 3.63) is 54.2 Å². The molecule has 0 bridgehead atoms. The summed E-state index contributed by atoms with van der Waals surface area (Å²) in [6.45, 7) is 5.45. The Balaban J connectivity index is 1.90. The van der Waals surface area contributed by atoms with E-state index < -0.39 is 18.1 Å². The fraction of sp³-hybridized carbons (Fsp3) is 0.391. The predicted octanol–water partition coefficient (Wildman–Crippen LogP) is 1.73. The summed E-state index contributed by atoms with van der Waals surface area (Å²) in [5.74, 6) is -0.638. The summed E-state index contributed by atoms with van der Waals surface area (Å²) in [4.78, 5) is 45.0. The Morgan fingerprint density at radius 3 is 2.42 bits per heavy atom. The summed E-state index contributed by atoms with van der Waals surface area (Å²) in [5, 5.41) is 8.59. The number of benzene rings is 1. The van der Waals surface area contributed by atoms with Gasteiger partial charge in [0.1, 0.15) is 17.9 Å². The Kier molecular flexibility index (Phi) is 7.02. The average Bonchev–Trinajstić information content (AvgIpc) is 3.16. The predicted molar refractivity (Wildman–Crippen MR) is 120 cm³/mol. The van der Waals surface area contributed by atoms with Gasteiger partial charge in [0.15, 0.2) is 0 Å². The molecule has 3 atom stereocenters. The first-order valence-electron chi connectivity index (χ1n) is 10.4. The van der Waals surface area contributed by atoms with Gasteiger partial charge in [-0.1, -0.05) is 38.1 Å². The first kappa shape index (κ1) is 22.4. The van der Waals surface area contributed by atoms with Gasteiger partial charge in [0, 0.05) is 18.3 Å². The molecule has 8 heteroatoms. The Labute approximate surface area is 182 Å². The van der Waals surface area contributed by atoms with Crippen LogP contribution in [0, 0.1) is 5.92 Å². The Morgan fingerprint density at radius 1 is 1.06 bits per heavy atom. The number of nitrogens with zero attached hydrogens (tertiary/aromatic N) is 2. The highest BCUT2D eigenvalue weighted by Crippen LogP contribution is 2.32. The maximum atomic E-state index is 13.6. The number of amides is 3. The second kappa shape index (κ2) is 9.70. The third kappa shape index (κ3) is 4.91. The molecule has 0 saturated heterocycles. The number of carbonyl (C=O) groups excluding carboxylic acids is 3. The lowest BCUT2D eigenvalue weighted by atomic mass is 10.0. The number of hydrogen-bond donors (Lipinski definition) is 3. The molecule has 2 aromatic rings. The van der Waals surface area contributed by atoms with Gasteiger partial charge in [-0.3, -0.25) is 19.3 Å². The zero-order chi connectivity index (χ0) is 22.5. The second-order valence-corrected chi connectivity index (χ2v) is 8.01. The number of carbonyl (C=O) groups is 3. The smallest absolute Gasteiger partial charge is 0.251 e. The van der Waals surface area contributed by atoms with Crippen molar-refractivity contribution >= 4 is 29.2 Å².